The van der Waals surface area contributed by atoms with E-state index in [9.17, 15) is 9.18 Å². The highest BCUT2D eigenvalue weighted by molar-refractivity contribution is 6.00. The molecule has 5 aromatic rings. The van der Waals surface area contributed by atoms with E-state index in [4.69, 9.17) is 14.7 Å². The summed E-state index contributed by atoms with van der Waals surface area (Å²) in [5.74, 6) is 0.930. The molecule has 0 unspecified atom stereocenters. The van der Waals surface area contributed by atoms with Crippen LogP contribution in [-0.2, 0) is 24.2 Å². The predicted molar refractivity (Wildman–Crippen MR) is 140 cm³/mol. The number of imidazole rings is 1. The Labute approximate surface area is 209 Å². The summed E-state index contributed by atoms with van der Waals surface area (Å²) in [5, 5.41) is 0.746. The summed E-state index contributed by atoms with van der Waals surface area (Å²) in [6.45, 7) is 4.84. The SMILES string of the molecule is CCCCC(=O)Oc1cn(CCc2ccc(F)cc2)c2nc(CCCC)n3c4ccccc4nc3c12. The first-order valence-electron chi connectivity index (χ1n) is 12.8. The molecule has 0 saturated carbocycles. The lowest BCUT2D eigenvalue weighted by molar-refractivity contribution is -0.134. The topological polar surface area (TPSA) is 61.4 Å². The van der Waals surface area contributed by atoms with Gasteiger partial charge in [-0.15, -0.1) is 0 Å². The molecule has 0 amide bonds. The van der Waals surface area contributed by atoms with Gasteiger partial charge in [-0.3, -0.25) is 9.20 Å². The van der Waals surface area contributed by atoms with Crippen LogP contribution in [0.5, 0.6) is 5.75 Å². The van der Waals surface area contributed by atoms with Gasteiger partial charge < -0.3 is 9.30 Å². The van der Waals surface area contributed by atoms with E-state index in [1.807, 2.05) is 29.0 Å². The maximum atomic E-state index is 13.4. The first-order valence-corrected chi connectivity index (χ1v) is 12.8. The van der Waals surface area contributed by atoms with Crippen LogP contribution in [0.1, 0.15) is 57.3 Å². The van der Waals surface area contributed by atoms with Gasteiger partial charge in [0, 0.05) is 25.6 Å². The number of ether oxygens (including phenoxy) is 1. The average molecular weight is 487 g/mol. The van der Waals surface area contributed by atoms with Gasteiger partial charge in [0.15, 0.2) is 11.4 Å². The molecule has 3 heterocycles. The fraction of sp³-hybridized carbons (Fsp3) is 0.345. The Hall–Kier alpha value is -3.74. The first-order chi connectivity index (χ1) is 17.6. The second-order valence-corrected chi connectivity index (χ2v) is 9.23. The lowest BCUT2D eigenvalue weighted by Crippen LogP contribution is -2.07. The molecule has 0 bridgehead atoms. The monoisotopic (exact) mass is 486 g/mol. The molecule has 6 nitrogen and oxygen atoms in total. The number of rotatable bonds is 10. The fourth-order valence-electron chi connectivity index (χ4n) is 4.62. The number of fused-ring (bicyclic) bond motifs is 5. The molecule has 0 N–H and O–H groups in total. The molecule has 5 rings (SSSR count). The van der Waals surface area contributed by atoms with Crippen LogP contribution in [0, 0.1) is 5.82 Å². The lowest BCUT2D eigenvalue weighted by atomic mass is 10.1. The Balaban J connectivity index is 1.67. The smallest absolute Gasteiger partial charge is 0.311 e. The van der Waals surface area contributed by atoms with E-state index in [-0.39, 0.29) is 11.8 Å². The van der Waals surface area contributed by atoms with Crippen molar-refractivity contribution in [3.05, 3.63) is 71.9 Å². The third-order valence-corrected chi connectivity index (χ3v) is 6.56. The Morgan fingerprint density at radius 2 is 1.72 bits per heavy atom. The molecular formula is C29H31FN4O2. The normalized spacial score (nSPS) is 11.6. The van der Waals surface area contributed by atoms with Crippen LogP contribution in [-0.4, -0.2) is 24.9 Å². The van der Waals surface area contributed by atoms with E-state index in [1.165, 1.54) is 12.1 Å². The van der Waals surface area contributed by atoms with E-state index in [0.717, 1.165) is 71.2 Å². The highest BCUT2D eigenvalue weighted by Gasteiger charge is 2.22. The van der Waals surface area contributed by atoms with Crippen molar-refractivity contribution < 1.29 is 13.9 Å². The Kier molecular flexibility index (Phi) is 6.98. The molecule has 0 fully saturated rings. The van der Waals surface area contributed by atoms with Crippen molar-refractivity contribution in [3.8, 4) is 5.75 Å². The Morgan fingerprint density at radius 1 is 0.944 bits per heavy atom. The summed E-state index contributed by atoms with van der Waals surface area (Å²) in [4.78, 5) is 22.7. The minimum Gasteiger partial charge on any atom is -0.424 e. The van der Waals surface area contributed by atoms with Gasteiger partial charge >= 0.3 is 5.97 Å². The average Bonchev–Trinajstić information content (AvgIpc) is 3.44. The van der Waals surface area contributed by atoms with Gasteiger partial charge in [0.1, 0.15) is 22.7 Å². The summed E-state index contributed by atoms with van der Waals surface area (Å²) in [5.41, 5.74) is 4.41. The van der Waals surface area contributed by atoms with Crippen molar-refractivity contribution in [1.29, 1.82) is 0 Å². The molecular weight excluding hydrogens is 455 g/mol. The number of esters is 1. The number of halogens is 1. The highest BCUT2D eigenvalue weighted by atomic mass is 19.1. The molecule has 0 saturated heterocycles. The van der Waals surface area contributed by atoms with Gasteiger partial charge in [0.05, 0.1) is 11.0 Å². The molecule has 0 aliphatic carbocycles. The summed E-state index contributed by atoms with van der Waals surface area (Å²) >= 11 is 0. The number of nitrogens with zero attached hydrogens (tertiary/aromatic N) is 4. The van der Waals surface area contributed by atoms with Crippen LogP contribution in [0.2, 0.25) is 0 Å². The number of aromatic nitrogens is 4. The minimum absolute atomic E-state index is 0.248. The van der Waals surface area contributed by atoms with Gasteiger partial charge in [0.2, 0.25) is 0 Å². The number of carbonyl (C=O) groups excluding carboxylic acids is 1. The Morgan fingerprint density at radius 3 is 2.50 bits per heavy atom. The van der Waals surface area contributed by atoms with Crippen LogP contribution >= 0.6 is 0 Å². The quantitative estimate of drug-likeness (QED) is 0.207. The van der Waals surface area contributed by atoms with Crippen molar-refractivity contribution in [3.63, 3.8) is 0 Å². The lowest BCUT2D eigenvalue weighted by Gasteiger charge is -2.09. The van der Waals surface area contributed by atoms with Gasteiger partial charge in [-0.2, -0.15) is 0 Å². The van der Waals surface area contributed by atoms with Gasteiger partial charge in [-0.25, -0.2) is 14.4 Å². The van der Waals surface area contributed by atoms with Crippen LogP contribution in [0.15, 0.2) is 54.7 Å². The molecule has 0 aliphatic heterocycles. The first kappa shape index (κ1) is 24.0. The third kappa shape index (κ3) is 4.70. The van der Waals surface area contributed by atoms with Crippen molar-refractivity contribution in [2.75, 3.05) is 0 Å². The minimum atomic E-state index is -0.251. The molecule has 36 heavy (non-hydrogen) atoms. The second-order valence-electron chi connectivity index (χ2n) is 9.23. The summed E-state index contributed by atoms with van der Waals surface area (Å²) in [6, 6.07) is 14.6. The fourth-order valence-corrected chi connectivity index (χ4v) is 4.62. The zero-order valence-corrected chi connectivity index (χ0v) is 20.8. The number of hydrogen-bond donors (Lipinski definition) is 0. The van der Waals surface area contributed by atoms with Crippen molar-refractivity contribution >= 4 is 33.7 Å². The van der Waals surface area contributed by atoms with Crippen LogP contribution in [0.25, 0.3) is 27.7 Å². The molecule has 0 spiro atoms. The van der Waals surface area contributed by atoms with Crippen LogP contribution in [0.3, 0.4) is 0 Å². The van der Waals surface area contributed by atoms with Crippen LogP contribution < -0.4 is 4.74 Å². The number of carbonyl (C=O) groups is 1. The van der Waals surface area contributed by atoms with E-state index < -0.39 is 0 Å². The van der Waals surface area contributed by atoms with E-state index in [1.54, 1.807) is 12.1 Å². The standard InChI is InChI=1S/C29H31FN4O2/c1-3-5-11-25-32-28-27(29-31-22-9-7-8-10-23(22)34(25)29)24(36-26(35)12-6-4-2)19-33(28)18-17-20-13-15-21(30)16-14-20/h7-10,13-16,19H,3-6,11-12,17-18H2,1-2H3. The summed E-state index contributed by atoms with van der Waals surface area (Å²) < 4.78 is 23.4. The van der Waals surface area contributed by atoms with E-state index >= 15 is 0 Å². The number of aryl methyl sites for hydroxylation is 3. The van der Waals surface area contributed by atoms with E-state index in [2.05, 4.69) is 24.3 Å². The highest BCUT2D eigenvalue weighted by Crippen LogP contribution is 2.34. The maximum absolute atomic E-state index is 13.4. The zero-order valence-electron chi connectivity index (χ0n) is 20.8. The van der Waals surface area contributed by atoms with Crippen molar-refractivity contribution in [1.82, 2.24) is 18.9 Å². The Bertz CT molecular complexity index is 1520. The van der Waals surface area contributed by atoms with Gasteiger partial charge in [-0.05, 0) is 49.1 Å². The van der Waals surface area contributed by atoms with Gasteiger partial charge in [0.25, 0.3) is 0 Å². The van der Waals surface area contributed by atoms with Crippen molar-refractivity contribution in [2.24, 2.45) is 0 Å². The number of para-hydroxylation sites is 2. The van der Waals surface area contributed by atoms with Crippen LogP contribution in [0.4, 0.5) is 4.39 Å². The number of unbranched alkanes of at least 4 members (excludes halogenated alkanes) is 2. The number of benzene rings is 2. The van der Waals surface area contributed by atoms with E-state index in [0.29, 0.717) is 25.1 Å². The largest absolute Gasteiger partial charge is 0.424 e. The molecule has 0 aliphatic rings. The van der Waals surface area contributed by atoms with Crippen molar-refractivity contribution in [2.45, 2.75) is 65.3 Å². The number of hydrogen-bond acceptors (Lipinski definition) is 4. The van der Waals surface area contributed by atoms with Gasteiger partial charge in [-0.1, -0.05) is 51.0 Å². The molecule has 7 heteroatoms. The molecule has 3 aromatic heterocycles. The summed E-state index contributed by atoms with van der Waals surface area (Å²) in [6.07, 6.45) is 7.52. The predicted octanol–water partition coefficient (Wildman–Crippen LogP) is 6.66. The summed E-state index contributed by atoms with van der Waals surface area (Å²) in [7, 11) is 0. The molecule has 0 radical (unpaired) electrons. The molecule has 2 aromatic carbocycles. The third-order valence-electron chi connectivity index (χ3n) is 6.56. The molecule has 0 atom stereocenters. The zero-order chi connectivity index (χ0) is 25.1. The maximum Gasteiger partial charge on any atom is 0.311 e. The molecule has 186 valence electrons. The second kappa shape index (κ2) is 10.5.